The zero-order valence-corrected chi connectivity index (χ0v) is 15.1. The molecule has 1 saturated heterocycles. The number of likely N-dealkylation sites (tertiary alicyclic amines) is 1. The number of carbonyl (C=O) groups excluding carboxylic acids is 2. The van der Waals surface area contributed by atoms with E-state index in [-0.39, 0.29) is 12.1 Å². The summed E-state index contributed by atoms with van der Waals surface area (Å²) in [6.45, 7) is 11.5. The van der Waals surface area contributed by atoms with Crippen molar-refractivity contribution in [2.24, 2.45) is 5.92 Å². The normalized spacial score (nSPS) is 17.7. The smallest absolute Gasteiger partial charge is 0.410 e. The first-order chi connectivity index (χ1) is 10.8. The van der Waals surface area contributed by atoms with Gasteiger partial charge in [0.25, 0.3) is 0 Å². The van der Waals surface area contributed by atoms with Gasteiger partial charge < -0.3 is 19.1 Å². The van der Waals surface area contributed by atoms with Gasteiger partial charge in [0.2, 0.25) is 0 Å². The quantitative estimate of drug-likeness (QED) is 0.701. The minimum absolute atomic E-state index is 0.255. The maximum Gasteiger partial charge on any atom is 0.410 e. The van der Waals surface area contributed by atoms with Crippen molar-refractivity contribution in [1.82, 2.24) is 4.90 Å². The average Bonchev–Trinajstić information content (AvgIpc) is 2.47. The summed E-state index contributed by atoms with van der Waals surface area (Å²) in [6, 6.07) is 0. The molecule has 0 aromatic carbocycles. The molecule has 1 heterocycles. The van der Waals surface area contributed by atoms with Crippen LogP contribution in [0.3, 0.4) is 0 Å². The molecule has 0 radical (unpaired) electrons. The molecular weight excluding hydrogens is 298 g/mol. The molecule has 1 atom stereocenters. The van der Waals surface area contributed by atoms with Gasteiger partial charge in [0.15, 0.2) is 6.10 Å². The molecule has 1 amide bonds. The van der Waals surface area contributed by atoms with E-state index in [4.69, 9.17) is 14.2 Å². The van der Waals surface area contributed by atoms with E-state index in [9.17, 15) is 9.59 Å². The Morgan fingerprint density at radius 1 is 1.17 bits per heavy atom. The summed E-state index contributed by atoms with van der Waals surface area (Å²) in [6.07, 6.45) is 1.58. The second-order valence-corrected chi connectivity index (χ2v) is 6.89. The molecule has 1 rings (SSSR count). The second kappa shape index (κ2) is 9.11. The van der Waals surface area contributed by atoms with E-state index in [1.54, 1.807) is 11.8 Å². The molecule has 6 nitrogen and oxygen atoms in total. The molecule has 134 valence electrons. The number of piperidine rings is 1. The molecular formula is C17H31NO5. The van der Waals surface area contributed by atoms with Crippen LogP contribution >= 0.6 is 0 Å². The molecule has 23 heavy (non-hydrogen) atoms. The van der Waals surface area contributed by atoms with Crippen LogP contribution in [0.2, 0.25) is 0 Å². The summed E-state index contributed by atoms with van der Waals surface area (Å²) in [5.41, 5.74) is -0.467. The van der Waals surface area contributed by atoms with Crippen LogP contribution in [0.4, 0.5) is 4.79 Å². The lowest BCUT2D eigenvalue weighted by Gasteiger charge is -2.33. The minimum atomic E-state index is -0.487. The third-order valence-corrected chi connectivity index (χ3v) is 3.72. The largest absolute Gasteiger partial charge is 0.464 e. The summed E-state index contributed by atoms with van der Waals surface area (Å²) in [5, 5.41) is 0. The highest BCUT2D eigenvalue weighted by molar-refractivity contribution is 5.74. The van der Waals surface area contributed by atoms with Gasteiger partial charge in [0.05, 0.1) is 13.2 Å². The molecule has 1 aliphatic rings. The van der Waals surface area contributed by atoms with E-state index in [2.05, 4.69) is 0 Å². The molecule has 0 aliphatic carbocycles. The number of rotatable bonds is 6. The Hall–Kier alpha value is -1.30. The average molecular weight is 329 g/mol. The van der Waals surface area contributed by atoms with Gasteiger partial charge >= 0.3 is 12.1 Å². The highest BCUT2D eigenvalue weighted by Crippen LogP contribution is 2.20. The van der Waals surface area contributed by atoms with Gasteiger partial charge in [-0.3, -0.25) is 0 Å². The SMILES string of the molecule is CCOC(=O)[C@@H](CC)OCC1CCN(C(=O)OC(C)(C)C)CC1. The lowest BCUT2D eigenvalue weighted by molar-refractivity contribution is -0.158. The van der Waals surface area contributed by atoms with Crippen molar-refractivity contribution in [3.63, 3.8) is 0 Å². The molecule has 0 bridgehead atoms. The predicted octanol–water partition coefficient (Wildman–Crippen LogP) is 2.99. The van der Waals surface area contributed by atoms with E-state index < -0.39 is 11.7 Å². The highest BCUT2D eigenvalue weighted by atomic mass is 16.6. The first-order valence-electron chi connectivity index (χ1n) is 8.53. The number of nitrogens with zero attached hydrogens (tertiary/aromatic N) is 1. The van der Waals surface area contributed by atoms with Crippen molar-refractivity contribution in [1.29, 1.82) is 0 Å². The fraction of sp³-hybridized carbons (Fsp3) is 0.882. The van der Waals surface area contributed by atoms with Crippen LogP contribution in [-0.4, -0.2) is 55.0 Å². The van der Waals surface area contributed by atoms with Crippen molar-refractivity contribution in [3.05, 3.63) is 0 Å². The Kier molecular flexibility index (Phi) is 7.82. The monoisotopic (exact) mass is 329 g/mol. The van der Waals surface area contributed by atoms with Gasteiger partial charge in [0, 0.05) is 13.1 Å². The van der Waals surface area contributed by atoms with Gasteiger partial charge in [0.1, 0.15) is 5.60 Å². The summed E-state index contributed by atoms with van der Waals surface area (Å²) in [5.74, 6) is 0.0679. The van der Waals surface area contributed by atoms with E-state index >= 15 is 0 Å². The Balaban J connectivity index is 2.33. The maximum absolute atomic E-state index is 12.0. The van der Waals surface area contributed by atoms with Crippen LogP contribution < -0.4 is 0 Å². The highest BCUT2D eigenvalue weighted by Gasteiger charge is 2.28. The number of carbonyl (C=O) groups is 2. The zero-order chi connectivity index (χ0) is 17.5. The zero-order valence-electron chi connectivity index (χ0n) is 15.1. The molecule has 1 aliphatic heterocycles. The molecule has 0 spiro atoms. The number of hydrogen-bond donors (Lipinski definition) is 0. The van der Waals surface area contributed by atoms with Crippen molar-refractivity contribution >= 4 is 12.1 Å². The molecule has 0 unspecified atom stereocenters. The maximum atomic E-state index is 12.0. The lowest BCUT2D eigenvalue weighted by atomic mass is 9.98. The number of hydrogen-bond acceptors (Lipinski definition) is 5. The van der Waals surface area contributed by atoms with Gasteiger partial charge in [-0.25, -0.2) is 9.59 Å². The molecule has 0 aromatic rings. The van der Waals surface area contributed by atoms with Crippen LogP contribution in [0, 0.1) is 5.92 Å². The number of amides is 1. The van der Waals surface area contributed by atoms with E-state index in [0.29, 0.717) is 38.6 Å². The molecule has 0 saturated carbocycles. The lowest BCUT2D eigenvalue weighted by Crippen LogP contribution is -2.42. The topological polar surface area (TPSA) is 65.1 Å². The molecule has 0 N–H and O–H groups in total. The van der Waals surface area contributed by atoms with E-state index in [1.807, 2.05) is 27.7 Å². The third kappa shape index (κ3) is 7.20. The van der Waals surface area contributed by atoms with E-state index in [0.717, 1.165) is 12.8 Å². The Morgan fingerprint density at radius 3 is 2.26 bits per heavy atom. The fourth-order valence-corrected chi connectivity index (χ4v) is 2.45. The standard InChI is InChI=1S/C17H31NO5/c1-6-14(15(19)21-7-2)22-12-13-8-10-18(11-9-13)16(20)23-17(3,4)5/h13-14H,6-12H2,1-5H3/t14-/m1/s1. The minimum Gasteiger partial charge on any atom is -0.464 e. The first kappa shape index (κ1) is 19.7. The van der Waals surface area contributed by atoms with Crippen molar-refractivity contribution in [2.45, 2.75) is 65.6 Å². The summed E-state index contributed by atoms with van der Waals surface area (Å²) >= 11 is 0. The number of esters is 1. The van der Waals surface area contributed by atoms with Gasteiger partial charge in [-0.15, -0.1) is 0 Å². The molecule has 6 heteroatoms. The summed E-state index contributed by atoms with van der Waals surface area (Å²) in [7, 11) is 0. The van der Waals surface area contributed by atoms with Crippen molar-refractivity contribution in [2.75, 3.05) is 26.3 Å². The molecule has 0 aromatic heterocycles. The second-order valence-electron chi connectivity index (χ2n) is 6.89. The van der Waals surface area contributed by atoms with Crippen molar-refractivity contribution < 1.29 is 23.8 Å². The van der Waals surface area contributed by atoms with Crippen LogP contribution in [0.25, 0.3) is 0 Å². The fourth-order valence-electron chi connectivity index (χ4n) is 2.45. The first-order valence-corrected chi connectivity index (χ1v) is 8.53. The third-order valence-electron chi connectivity index (χ3n) is 3.72. The number of ether oxygens (including phenoxy) is 3. The molecule has 1 fully saturated rings. The van der Waals surface area contributed by atoms with Gasteiger partial charge in [-0.1, -0.05) is 6.92 Å². The van der Waals surface area contributed by atoms with Crippen molar-refractivity contribution in [3.8, 4) is 0 Å². The van der Waals surface area contributed by atoms with E-state index in [1.165, 1.54) is 0 Å². The van der Waals surface area contributed by atoms with Gasteiger partial charge in [-0.2, -0.15) is 0 Å². The van der Waals surface area contributed by atoms with Crippen LogP contribution in [0.1, 0.15) is 53.9 Å². The Morgan fingerprint density at radius 2 is 1.78 bits per heavy atom. The predicted molar refractivity (Wildman–Crippen MR) is 87.2 cm³/mol. The summed E-state index contributed by atoms with van der Waals surface area (Å²) < 4.78 is 16.1. The summed E-state index contributed by atoms with van der Waals surface area (Å²) in [4.78, 5) is 25.5. The van der Waals surface area contributed by atoms with Crippen LogP contribution in [-0.2, 0) is 19.0 Å². The van der Waals surface area contributed by atoms with Crippen LogP contribution in [0.5, 0.6) is 0 Å². The van der Waals surface area contributed by atoms with Crippen LogP contribution in [0.15, 0.2) is 0 Å². The van der Waals surface area contributed by atoms with Gasteiger partial charge in [-0.05, 0) is 52.9 Å². The Bertz CT molecular complexity index is 383. The Labute approximate surface area is 139 Å².